The number of likely N-dealkylation sites (N-methyl/N-ethyl adjacent to an activating group) is 1. The maximum Gasteiger partial charge on any atom is 0.238 e. The molecule has 0 fully saturated rings. The van der Waals surface area contributed by atoms with Crippen molar-refractivity contribution in [3.63, 3.8) is 0 Å². The number of rotatable bonds is 6. The number of hydrogen-bond acceptors (Lipinski definition) is 3. The lowest BCUT2D eigenvalue weighted by Gasteiger charge is -2.17. The SMILES string of the molecule is CCN(CC)CC(=O)Nc1ccccc1OC. The van der Waals surface area contributed by atoms with Crippen LogP contribution in [0, 0.1) is 0 Å². The minimum atomic E-state index is -0.0156. The second kappa shape index (κ2) is 6.91. The van der Waals surface area contributed by atoms with Gasteiger partial charge < -0.3 is 10.1 Å². The summed E-state index contributed by atoms with van der Waals surface area (Å²) in [5, 5.41) is 2.85. The van der Waals surface area contributed by atoms with Crippen LogP contribution in [0.15, 0.2) is 24.3 Å². The molecule has 0 saturated heterocycles. The highest BCUT2D eigenvalue weighted by Crippen LogP contribution is 2.22. The molecular formula is C13H20N2O2. The molecule has 1 rings (SSSR count). The molecule has 0 radical (unpaired) electrons. The third-order valence-electron chi connectivity index (χ3n) is 2.64. The molecule has 1 aromatic carbocycles. The molecule has 0 saturated carbocycles. The molecule has 0 bridgehead atoms. The number of methoxy groups -OCH3 is 1. The third kappa shape index (κ3) is 4.07. The minimum Gasteiger partial charge on any atom is -0.495 e. The number of amides is 1. The van der Waals surface area contributed by atoms with Gasteiger partial charge >= 0.3 is 0 Å². The van der Waals surface area contributed by atoms with Gasteiger partial charge in [-0.15, -0.1) is 0 Å². The van der Waals surface area contributed by atoms with Crippen LogP contribution in [0.2, 0.25) is 0 Å². The van der Waals surface area contributed by atoms with E-state index >= 15 is 0 Å². The van der Waals surface area contributed by atoms with E-state index in [1.165, 1.54) is 0 Å². The topological polar surface area (TPSA) is 41.6 Å². The summed E-state index contributed by atoms with van der Waals surface area (Å²) in [5.41, 5.74) is 0.715. The Bertz CT molecular complexity index is 362. The Labute approximate surface area is 103 Å². The van der Waals surface area contributed by atoms with E-state index in [-0.39, 0.29) is 5.91 Å². The van der Waals surface area contributed by atoms with Crippen LogP contribution < -0.4 is 10.1 Å². The first-order chi connectivity index (χ1) is 8.21. The number of benzene rings is 1. The first-order valence-corrected chi connectivity index (χ1v) is 5.86. The number of ether oxygens (including phenoxy) is 1. The first-order valence-electron chi connectivity index (χ1n) is 5.86. The molecule has 0 aliphatic carbocycles. The molecule has 4 nitrogen and oxygen atoms in total. The second-order valence-electron chi connectivity index (χ2n) is 3.71. The van der Waals surface area contributed by atoms with Gasteiger partial charge in [0.15, 0.2) is 0 Å². The van der Waals surface area contributed by atoms with Gasteiger partial charge in [-0.1, -0.05) is 26.0 Å². The largest absolute Gasteiger partial charge is 0.495 e. The highest BCUT2D eigenvalue weighted by Gasteiger charge is 2.09. The maximum atomic E-state index is 11.8. The Balaban J connectivity index is 2.61. The molecule has 0 aliphatic rings. The van der Waals surface area contributed by atoms with E-state index in [0.717, 1.165) is 13.1 Å². The molecular weight excluding hydrogens is 216 g/mol. The van der Waals surface area contributed by atoms with Crippen molar-refractivity contribution in [2.24, 2.45) is 0 Å². The summed E-state index contributed by atoms with van der Waals surface area (Å²) in [6, 6.07) is 7.40. The van der Waals surface area contributed by atoms with E-state index in [0.29, 0.717) is 18.0 Å². The lowest BCUT2D eigenvalue weighted by Crippen LogP contribution is -2.32. The van der Waals surface area contributed by atoms with Gasteiger partial charge in [-0.2, -0.15) is 0 Å². The molecule has 0 heterocycles. The summed E-state index contributed by atoms with van der Waals surface area (Å²) in [6.07, 6.45) is 0. The molecule has 1 N–H and O–H groups in total. The van der Waals surface area contributed by atoms with Gasteiger partial charge in [0.05, 0.1) is 19.3 Å². The minimum absolute atomic E-state index is 0.0156. The summed E-state index contributed by atoms with van der Waals surface area (Å²) in [4.78, 5) is 13.9. The number of nitrogens with one attached hydrogen (secondary N) is 1. The van der Waals surface area contributed by atoms with Crippen molar-refractivity contribution >= 4 is 11.6 Å². The Morgan fingerprint density at radius 3 is 2.53 bits per heavy atom. The summed E-state index contributed by atoms with van der Waals surface area (Å²) in [6.45, 7) is 6.23. The zero-order valence-corrected chi connectivity index (χ0v) is 10.7. The lowest BCUT2D eigenvalue weighted by molar-refractivity contribution is -0.117. The fraction of sp³-hybridized carbons (Fsp3) is 0.462. The van der Waals surface area contributed by atoms with Crippen LogP contribution in [-0.2, 0) is 4.79 Å². The van der Waals surface area contributed by atoms with Gasteiger partial charge in [-0.3, -0.25) is 9.69 Å². The zero-order valence-electron chi connectivity index (χ0n) is 10.7. The van der Waals surface area contributed by atoms with E-state index in [2.05, 4.69) is 10.2 Å². The van der Waals surface area contributed by atoms with Crippen LogP contribution in [-0.4, -0.2) is 37.6 Å². The van der Waals surface area contributed by atoms with Crippen LogP contribution in [0.3, 0.4) is 0 Å². The average molecular weight is 236 g/mol. The summed E-state index contributed by atoms with van der Waals surface area (Å²) >= 11 is 0. The normalized spacial score (nSPS) is 10.4. The molecule has 1 aromatic rings. The molecule has 17 heavy (non-hydrogen) atoms. The van der Waals surface area contributed by atoms with Gasteiger partial charge in [0.25, 0.3) is 0 Å². The van der Waals surface area contributed by atoms with Crippen molar-refractivity contribution in [2.75, 3.05) is 32.1 Å². The zero-order chi connectivity index (χ0) is 12.7. The van der Waals surface area contributed by atoms with E-state index in [1.54, 1.807) is 7.11 Å². The van der Waals surface area contributed by atoms with Gasteiger partial charge in [-0.25, -0.2) is 0 Å². The molecule has 0 aliphatic heterocycles. The second-order valence-corrected chi connectivity index (χ2v) is 3.71. The van der Waals surface area contributed by atoms with Crippen LogP contribution >= 0.6 is 0 Å². The smallest absolute Gasteiger partial charge is 0.238 e. The van der Waals surface area contributed by atoms with Crippen molar-refractivity contribution in [1.82, 2.24) is 4.90 Å². The molecule has 4 heteroatoms. The lowest BCUT2D eigenvalue weighted by atomic mass is 10.3. The third-order valence-corrected chi connectivity index (χ3v) is 2.64. The molecule has 0 spiro atoms. The Kier molecular flexibility index (Phi) is 5.49. The first kappa shape index (κ1) is 13.5. The van der Waals surface area contributed by atoms with Crippen LogP contribution in [0.1, 0.15) is 13.8 Å². The summed E-state index contributed by atoms with van der Waals surface area (Å²) < 4.78 is 5.18. The number of nitrogens with zero attached hydrogens (tertiary/aromatic N) is 1. The monoisotopic (exact) mass is 236 g/mol. The van der Waals surface area contributed by atoms with E-state index in [4.69, 9.17) is 4.74 Å². The van der Waals surface area contributed by atoms with E-state index in [9.17, 15) is 4.79 Å². The predicted molar refractivity (Wildman–Crippen MR) is 69.4 cm³/mol. The maximum absolute atomic E-state index is 11.8. The number of hydrogen-bond donors (Lipinski definition) is 1. The van der Waals surface area contributed by atoms with Crippen molar-refractivity contribution in [2.45, 2.75) is 13.8 Å². The highest BCUT2D eigenvalue weighted by atomic mass is 16.5. The Morgan fingerprint density at radius 1 is 1.29 bits per heavy atom. The molecule has 1 amide bonds. The molecule has 0 atom stereocenters. The number of carbonyl (C=O) groups is 1. The van der Waals surface area contributed by atoms with Gasteiger partial charge in [0.2, 0.25) is 5.91 Å². The van der Waals surface area contributed by atoms with Crippen molar-refractivity contribution < 1.29 is 9.53 Å². The molecule has 94 valence electrons. The predicted octanol–water partition coefficient (Wildman–Crippen LogP) is 1.98. The average Bonchev–Trinajstić information content (AvgIpc) is 2.36. The molecule has 0 aromatic heterocycles. The number of para-hydroxylation sites is 2. The van der Waals surface area contributed by atoms with E-state index in [1.807, 2.05) is 38.1 Å². The van der Waals surface area contributed by atoms with Crippen molar-refractivity contribution in [3.8, 4) is 5.75 Å². The summed E-state index contributed by atoms with van der Waals surface area (Å²) in [7, 11) is 1.59. The van der Waals surface area contributed by atoms with Crippen LogP contribution in [0.5, 0.6) is 5.75 Å². The Hall–Kier alpha value is -1.55. The van der Waals surface area contributed by atoms with E-state index < -0.39 is 0 Å². The summed E-state index contributed by atoms with van der Waals surface area (Å²) in [5.74, 6) is 0.665. The fourth-order valence-electron chi connectivity index (χ4n) is 1.59. The quantitative estimate of drug-likeness (QED) is 0.821. The highest BCUT2D eigenvalue weighted by molar-refractivity contribution is 5.93. The molecule has 0 unspecified atom stereocenters. The number of carbonyl (C=O) groups excluding carboxylic acids is 1. The van der Waals surface area contributed by atoms with Gasteiger partial charge in [-0.05, 0) is 25.2 Å². The van der Waals surface area contributed by atoms with Crippen molar-refractivity contribution in [1.29, 1.82) is 0 Å². The van der Waals surface area contributed by atoms with Gasteiger partial charge in [0.1, 0.15) is 5.75 Å². The fourth-order valence-corrected chi connectivity index (χ4v) is 1.59. The number of anilines is 1. The van der Waals surface area contributed by atoms with Crippen LogP contribution in [0.4, 0.5) is 5.69 Å². The standard InChI is InChI=1S/C13H20N2O2/c1-4-15(5-2)10-13(16)14-11-8-6-7-9-12(11)17-3/h6-9H,4-5,10H2,1-3H3,(H,14,16). The van der Waals surface area contributed by atoms with Crippen molar-refractivity contribution in [3.05, 3.63) is 24.3 Å². The Morgan fingerprint density at radius 2 is 1.94 bits per heavy atom. The van der Waals surface area contributed by atoms with Crippen LogP contribution in [0.25, 0.3) is 0 Å². The van der Waals surface area contributed by atoms with Gasteiger partial charge in [0, 0.05) is 0 Å².